The monoisotopic (exact) mass is 459 g/mol. The lowest BCUT2D eigenvalue weighted by Gasteiger charge is -2.17. The summed E-state index contributed by atoms with van der Waals surface area (Å²) in [5.74, 6) is 0.765. The van der Waals surface area contributed by atoms with E-state index in [1.54, 1.807) is 11.8 Å². The molecule has 31 heavy (non-hydrogen) atoms. The van der Waals surface area contributed by atoms with Crippen molar-refractivity contribution < 1.29 is 19.0 Å². The molecule has 0 saturated heterocycles. The van der Waals surface area contributed by atoms with Crippen molar-refractivity contribution in [3.8, 4) is 0 Å². The number of aliphatic hydroxyl groups is 1. The van der Waals surface area contributed by atoms with E-state index in [1.807, 2.05) is 0 Å². The molecule has 1 aromatic rings. The van der Waals surface area contributed by atoms with E-state index in [1.165, 1.54) is 12.8 Å². The summed E-state index contributed by atoms with van der Waals surface area (Å²) in [6, 6.07) is 0.299. The highest BCUT2D eigenvalue weighted by Gasteiger charge is 2.27. The number of nitrogens with two attached hydrogens (primary N) is 2. The van der Waals surface area contributed by atoms with Crippen molar-refractivity contribution in [2.24, 2.45) is 5.92 Å². The maximum atomic E-state index is 11.2. The second kappa shape index (κ2) is 12.6. The van der Waals surface area contributed by atoms with Gasteiger partial charge < -0.3 is 31.4 Å². The molecule has 2 unspecified atom stereocenters. The summed E-state index contributed by atoms with van der Waals surface area (Å²) < 4.78 is 22.8. The molecule has 1 heterocycles. The van der Waals surface area contributed by atoms with Crippen LogP contribution in [0.25, 0.3) is 0 Å². The standard InChI is InChI=1S/C18H31N5O2S.C3H7FO/c1-2-9-26-18-22-16(20)15(19)17(23-18)21-13-5-6-14(10-13)25-8-7-24-11-12-3-4-12;1-3(2,4)5/h12-14H,2-11,19H2,1H3,(H3,20,21,22,23);5H,1-2H3. The Kier molecular flexibility index (Phi) is 10.5. The second-order valence-electron chi connectivity index (χ2n) is 8.58. The van der Waals surface area contributed by atoms with Gasteiger partial charge in [0.15, 0.2) is 16.8 Å². The first-order chi connectivity index (χ1) is 14.7. The molecule has 2 atom stereocenters. The Morgan fingerprint density at radius 3 is 2.55 bits per heavy atom. The van der Waals surface area contributed by atoms with Crippen LogP contribution < -0.4 is 16.8 Å². The highest BCUT2D eigenvalue weighted by Crippen LogP contribution is 2.31. The number of anilines is 3. The number of hydrogen-bond acceptors (Lipinski definition) is 9. The van der Waals surface area contributed by atoms with Crippen LogP contribution in [-0.4, -0.2) is 58.6 Å². The van der Waals surface area contributed by atoms with Gasteiger partial charge in [0.1, 0.15) is 5.69 Å². The zero-order valence-electron chi connectivity index (χ0n) is 18.9. The van der Waals surface area contributed by atoms with E-state index in [9.17, 15) is 4.39 Å². The van der Waals surface area contributed by atoms with E-state index in [0.29, 0.717) is 41.7 Å². The van der Waals surface area contributed by atoms with E-state index in [-0.39, 0.29) is 6.10 Å². The third-order valence-electron chi connectivity index (χ3n) is 4.75. The van der Waals surface area contributed by atoms with Gasteiger partial charge in [-0.15, -0.1) is 0 Å². The van der Waals surface area contributed by atoms with Gasteiger partial charge in [0, 0.05) is 18.4 Å². The van der Waals surface area contributed by atoms with Crippen LogP contribution in [0, 0.1) is 5.92 Å². The van der Waals surface area contributed by atoms with Crippen molar-refractivity contribution in [2.45, 2.75) is 82.5 Å². The van der Waals surface area contributed by atoms with Gasteiger partial charge in [0.2, 0.25) is 5.85 Å². The van der Waals surface area contributed by atoms with Crippen LogP contribution in [0.15, 0.2) is 5.16 Å². The molecule has 10 heteroatoms. The van der Waals surface area contributed by atoms with Crippen LogP contribution in [0.3, 0.4) is 0 Å². The normalized spacial score (nSPS) is 20.9. The van der Waals surface area contributed by atoms with Gasteiger partial charge in [-0.3, -0.25) is 0 Å². The topological polar surface area (TPSA) is 129 Å². The summed E-state index contributed by atoms with van der Waals surface area (Å²) in [6.45, 7) is 6.54. The minimum absolute atomic E-state index is 0.270. The Hall–Kier alpha value is -1.36. The molecule has 0 aliphatic heterocycles. The number of ether oxygens (including phenoxy) is 2. The van der Waals surface area contributed by atoms with Crippen molar-refractivity contribution in [3.63, 3.8) is 0 Å². The summed E-state index contributed by atoms with van der Waals surface area (Å²) in [4.78, 5) is 8.80. The Labute approximate surface area is 189 Å². The third-order valence-corrected chi connectivity index (χ3v) is 5.80. The maximum Gasteiger partial charge on any atom is 0.201 e. The van der Waals surface area contributed by atoms with E-state index in [4.69, 9.17) is 26.0 Å². The number of aromatic nitrogens is 2. The highest BCUT2D eigenvalue weighted by atomic mass is 32.2. The van der Waals surface area contributed by atoms with Gasteiger partial charge in [-0.1, -0.05) is 18.7 Å². The summed E-state index contributed by atoms with van der Waals surface area (Å²) in [7, 11) is 0. The zero-order chi connectivity index (χ0) is 22.9. The Morgan fingerprint density at radius 2 is 1.90 bits per heavy atom. The van der Waals surface area contributed by atoms with Gasteiger partial charge in [-0.2, -0.15) is 0 Å². The van der Waals surface area contributed by atoms with Crippen molar-refractivity contribution in [3.05, 3.63) is 0 Å². The Balaban J connectivity index is 0.000000614. The molecule has 0 aromatic carbocycles. The van der Waals surface area contributed by atoms with E-state index in [0.717, 1.165) is 57.8 Å². The van der Waals surface area contributed by atoms with Crippen LogP contribution in [0.2, 0.25) is 0 Å². The van der Waals surface area contributed by atoms with E-state index < -0.39 is 5.85 Å². The largest absolute Gasteiger partial charge is 0.393 e. The number of nitrogens with zero attached hydrogens (tertiary/aromatic N) is 2. The van der Waals surface area contributed by atoms with Crippen LogP contribution in [0.4, 0.5) is 21.7 Å². The maximum absolute atomic E-state index is 11.2. The average molecular weight is 460 g/mol. The number of nitrogens with one attached hydrogen (secondary N) is 1. The predicted octanol–water partition coefficient (Wildman–Crippen LogP) is 3.60. The molecule has 0 spiro atoms. The molecule has 178 valence electrons. The van der Waals surface area contributed by atoms with Crippen LogP contribution >= 0.6 is 11.8 Å². The SMILES string of the molecule is CC(C)(O)F.CCCSc1nc(N)c(N)c(NC2CCC(OCCOCC3CC3)C2)n1. The zero-order valence-corrected chi connectivity index (χ0v) is 19.7. The van der Waals surface area contributed by atoms with Gasteiger partial charge in [0.25, 0.3) is 0 Å². The molecule has 0 bridgehead atoms. The summed E-state index contributed by atoms with van der Waals surface area (Å²) >= 11 is 1.60. The first kappa shape index (κ1) is 25.9. The van der Waals surface area contributed by atoms with Gasteiger partial charge in [-0.05, 0) is 58.3 Å². The lowest BCUT2D eigenvalue weighted by molar-refractivity contribution is -0.0515. The first-order valence-electron chi connectivity index (χ1n) is 11.1. The van der Waals surface area contributed by atoms with Gasteiger partial charge in [-0.25, -0.2) is 14.4 Å². The van der Waals surface area contributed by atoms with Crippen LogP contribution in [0.1, 0.15) is 59.3 Å². The fourth-order valence-electron chi connectivity index (χ4n) is 3.06. The molecule has 2 fully saturated rings. The molecule has 2 saturated carbocycles. The minimum atomic E-state index is -2.00. The number of rotatable bonds is 11. The molecule has 1 aromatic heterocycles. The fraction of sp³-hybridized carbons (Fsp3) is 0.810. The number of thioether (sulfide) groups is 1. The quantitative estimate of drug-likeness (QED) is 0.223. The summed E-state index contributed by atoms with van der Waals surface area (Å²) in [5, 5.41) is 12.0. The smallest absolute Gasteiger partial charge is 0.201 e. The van der Waals surface area contributed by atoms with Gasteiger partial charge in [0.05, 0.1) is 19.3 Å². The third kappa shape index (κ3) is 11.2. The number of halogens is 1. The van der Waals surface area contributed by atoms with Crippen molar-refractivity contribution in [1.82, 2.24) is 9.97 Å². The Bertz CT molecular complexity index is 667. The predicted molar refractivity (Wildman–Crippen MR) is 124 cm³/mol. The molecule has 2 aliphatic rings. The number of alkyl halides is 1. The lowest BCUT2D eigenvalue weighted by atomic mass is 10.2. The second-order valence-corrected chi connectivity index (χ2v) is 9.64. The molecule has 0 amide bonds. The highest BCUT2D eigenvalue weighted by molar-refractivity contribution is 7.99. The molecular weight excluding hydrogens is 421 g/mol. The molecule has 6 N–H and O–H groups in total. The summed E-state index contributed by atoms with van der Waals surface area (Å²) in [6.07, 6.45) is 7.01. The van der Waals surface area contributed by atoms with Crippen molar-refractivity contribution >= 4 is 29.1 Å². The molecule has 8 nitrogen and oxygen atoms in total. The first-order valence-corrected chi connectivity index (χ1v) is 12.1. The number of hydrogen-bond donors (Lipinski definition) is 4. The van der Waals surface area contributed by atoms with Crippen molar-refractivity contribution in [2.75, 3.05) is 42.4 Å². The van der Waals surface area contributed by atoms with E-state index in [2.05, 4.69) is 22.2 Å². The Morgan fingerprint density at radius 1 is 1.19 bits per heavy atom. The van der Waals surface area contributed by atoms with E-state index >= 15 is 0 Å². The summed E-state index contributed by atoms with van der Waals surface area (Å²) in [5.41, 5.74) is 12.4. The molecule has 3 rings (SSSR count). The minimum Gasteiger partial charge on any atom is -0.393 e. The molecular formula is C21H38FN5O3S. The van der Waals surface area contributed by atoms with Crippen molar-refractivity contribution in [1.29, 1.82) is 0 Å². The molecule has 0 radical (unpaired) electrons. The van der Waals surface area contributed by atoms with Crippen LogP contribution in [-0.2, 0) is 9.47 Å². The molecule has 2 aliphatic carbocycles. The fourth-order valence-corrected chi connectivity index (χ4v) is 3.76. The average Bonchev–Trinajstić information content (AvgIpc) is 3.40. The van der Waals surface area contributed by atoms with Crippen LogP contribution in [0.5, 0.6) is 0 Å². The van der Waals surface area contributed by atoms with Gasteiger partial charge >= 0.3 is 0 Å². The number of nitrogen functional groups attached to an aromatic ring is 2. The lowest BCUT2D eigenvalue weighted by Crippen LogP contribution is -2.21.